The molecule has 134 valence electrons. The maximum Gasteiger partial charge on any atom is 0.270 e. The molecule has 0 radical (unpaired) electrons. The summed E-state index contributed by atoms with van der Waals surface area (Å²) in [6, 6.07) is 10.1. The SMILES string of the molecule is C=COC(=Nc1cccc(F)c1C)c1cccc(C(C)(F)F)c1.CF. The van der Waals surface area contributed by atoms with E-state index in [1.54, 1.807) is 19.1 Å². The lowest BCUT2D eigenvalue weighted by Crippen LogP contribution is -2.10. The minimum atomic E-state index is -2.98. The van der Waals surface area contributed by atoms with E-state index in [1.165, 1.54) is 30.3 Å². The highest BCUT2D eigenvalue weighted by Gasteiger charge is 2.24. The maximum absolute atomic E-state index is 13.6. The molecule has 0 atom stereocenters. The topological polar surface area (TPSA) is 21.6 Å². The van der Waals surface area contributed by atoms with Crippen molar-refractivity contribution in [1.82, 2.24) is 0 Å². The molecule has 0 bridgehead atoms. The van der Waals surface area contributed by atoms with E-state index in [0.717, 1.165) is 13.2 Å². The van der Waals surface area contributed by atoms with Gasteiger partial charge in [-0.1, -0.05) is 24.8 Å². The van der Waals surface area contributed by atoms with Crippen molar-refractivity contribution in [2.75, 3.05) is 7.18 Å². The van der Waals surface area contributed by atoms with Crippen LogP contribution >= 0.6 is 0 Å². The smallest absolute Gasteiger partial charge is 0.270 e. The van der Waals surface area contributed by atoms with Gasteiger partial charge in [-0.25, -0.2) is 18.2 Å². The first-order chi connectivity index (χ1) is 11.8. The fourth-order valence-corrected chi connectivity index (χ4v) is 1.99. The number of rotatable bonds is 4. The van der Waals surface area contributed by atoms with Gasteiger partial charge in [-0.15, -0.1) is 0 Å². The van der Waals surface area contributed by atoms with E-state index in [4.69, 9.17) is 4.74 Å². The third-order valence-electron chi connectivity index (χ3n) is 3.27. The predicted octanol–water partition coefficient (Wildman–Crippen LogP) is 6.07. The van der Waals surface area contributed by atoms with Crippen LogP contribution in [0.2, 0.25) is 0 Å². The van der Waals surface area contributed by atoms with Gasteiger partial charge in [-0.3, -0.25) is 4.39 Å². The molecule has 25 heavy (non-hydrogen) atoms. The highest BCUT2D eigenvalue weighted by molar-refractivity contribution is 5.96. The molecule has 2 rings (SSSR count). The lowest BCUT2D eigenvalue weighted by atomic mass is 10.1. The van der Waals surface area contributed by atoms with Crippen molar-refractivity contribution in [2.45, 2.75) is 19.8 Å². The van der Waals surface area contributed by atoms with E-state index in [2.05, 4.69) is 11.6 Å². The molecular formula is C19H19F4NO. The van der Waals surface area contributed by atoms with Crippen molar-refractivity contribution in [3.05, 3.63) is 77.8 Å². The molecule has 0 aliphatic rings. The Morgan fingerprint density at radius 1 is 1.16 bits per heavy atom. The third-order valence-corrected chi connectivity index (χ3v) is 3.27. The molecule has 0 heterocycles. The van der Waals surface area contributed by atoms with Gasteiger partial charge in [0.2, 0.25) is 5.90 Å². The fraction of sp³-hybridized carbons (Fsp3) is 0.211. The molecular weight excluding hydrogens is 334 g/mol. The van der Waals surface area contributed by atoms with Crippen molar-refractivity contribution in [3.8, 4) is 0 Å². The van der Waals surface area contributed by atoms with Gasteiger partial charge in [0.25, 0.3) is 5.92 Å². The normalized spacial score (nSPS) is 11.4. The van der Waals surface area contributed by atoms with Gasteiger partial charge < -0.3 is 4.74 Å². The Morgan fingerprint density at radius 2 is 1.80 bits per heavy atom. The molecule has 0 N–H and O–H groups in total. The largest absolute Gasteiger partial charge is 0.447 e. The van der Waals surface area contributed by atoms with Crippen molar-refractivity contribution >= 4 is 11.6 Å². The standard InChI is InChI=1S/C18H16F3NO.CH3F/c1-4-23-17(22-16-10-6-9-15(19)12(16)2)13-7-5-8-14(11-13)18(3,20)21;1-2/h4-11H,1H2,2-3H3;1H3. The van der Waals surface area contributed by atoms with Crippen LogP contribution in [0.3, 0.4) is 0 Å². The second-order valence-electron chi connectivity index (χ2n) is 5.05. The number of hydrogen-bond acceptors (Lipinski definition) is 2. The van der Waals surface area contributed by atoms with Gasteiger partial charge >= 0.3 is 0 Å². The lowest BCUT2D eigenvalue weighted by Gasteiger charge is -2.13. The van der Waals surface area contributed by atoms with Gasteiger partial charge in [-0.2, -0.15) is 0 Å². The molecule has 6 heteroatoms. The van der Waals surface area contributed by atoms with E-state index < -0.39 is 11.7 Å². The molecule has 0 unspecified atom stereocenters. The maximum atomic E-state index is 13.6. The van der Waals surface area contributed by atoms with Gasteiger partial charge in [0.1, 0.15) is 5.82 Å². The molecule has 0 fully saturated rings. The molecule has 0 spiro atoms. The lowest BCUT2D eigenvalue weighted by molar-refractivity contribution is 0.0174. The van der Waals surface area contributed by atoms with Crippen LogP contribution in [0, 0.1) is 12.7 Å². The van der Waals surface area contributed by atoms with E-state index in [9.17, 15) is 17.6 Å². The third kappa shape index (κ3) is 5.45. The summed E-state index contributed by atoms with van der Waals surface area (Å²) in [5.74, 6) is -3.32. The Kier molecular flexibility index (Phi) is 7.36. The number of alkyl halides is 3. The van der Waals surface area contributed by atoms with E-state index in [1.807, 2.05) is 0 Å². The molecule has 0 aliphatic carbocycles. The van der Waals surface area contributed by atoms with Crippen LogP contribution in [0.5, 0.6) is 0 Å². The Morgan fingerprint density at radius 3 is 2.40 bits per heavy atom. The van der Waals surface area contributed by atoms with Crippen LogP contribution in [0.25, 0.3) is 0 Å². The predicted molar refractivity (Wildman–Crippen MR) is 91.7 cm³/mol. The second kappa shape index (κ2) is 9.01. The first kappa shape index (κ1) is 20.4. The summed E-state index contributed by atoms with van der Waals surface area (Å²) in [5.41, 5.74) is 0.893. The number of aliphatic imine (C=N–C) groups is 1. The zero-order chi connectivity index (χ0) is 19.0. The molecule has 0 aromatic heterocycles. The summed E-state index contributed by atoms with van der Waals surface area (Å²) in [7, 11) is 0.500. The van der Waals surface area contributed by atoms with E-state index in [0.29, 0.717) is 24.0 Å². The molecule has 0 saturated carbocycles. The summed E-state index contributed by atoms with van der Waals surface area (Å²) in [5, 5.41) is 0. The average molecular weight is 353 g/mol. The monoisotopic (exact) mass is 353 g/mol. The molecule has 2 aromatic rings. The first-order valence-electron chi connectivity index (χ1n) is 7.31. The zero-order valence-electron chi connectivity index (χ0n) is 14.2. The van der Waals surface area contributed by atoms with Crippen LogP contribution in [-0.2, 0) is 10.7 Å². The molecule has 2 aromatic carbocycles. The summed E-state index contributed by atoms with van der Waals surface area (Å²) in [6.07, 6.45) is 1.14. The Bertz CT molecular complexity index is 751. The minimum absolute atomic E-state index is 0.0693. The van der Waals surface area contributed by atoms with Crippen LogP contribution in [-0.4, -0.2) is 13.1 Å². The highest BCUT2D eigenvalue weighted by atomic mass is 19.3. The molecule has 2 nitrogen and oxygen atoms in total. The van der Waals surface area contributed by atoms with Crippen molar-refractivity contribution in [2.24, 2.45) is 4.99 Å². The van der Waals surface area contributed by atoms with Crippen molar-refractivity contribution in [3.63, 3.8) is 0 Å². The first-order valence-corrected chi connectivity index (χ1v) is 7.31. The summed E-state index contributed by atoms with van der Waals surface area (Å²) >= 11 is 0. The summed E-state index contributed by atoms with van der Waals surface area (Å²) < 4.78 is 55.3. The quantitative estimate of drug-likeness (QED) is 0.283. The molecule has 0 aliphatic heterocycles. The van der Waals surface area contributed by atoms with Gasteiger partial charge in [0.05, 0.1) is 19.1 Å². The fourth-order valence-electron chi connectivity index (χ4n) is 1.99. The second-order valence-corrected chi connectivity index (χ2v) is 5.05. The van der Waals surface area contributed by atoms with Crippen LogP contribution in [0.15, 0.2) is 60.3 Å². The highest BCUT2D eigenvalue weighted by Crippen LogP contribution is 2.28. The Hall–Kier alpha value is -2.63. The molecule has 0 saturated heterocycles. The van der Waals surface area contributed by atoms with Crippen LogP contribution in [0.1, 0.15) is 23.6 Å². The summed E-state index contributed by atoms with van der Waals surface area (Å²) in [4.78, 5) is 4.24. The van der Waals surface area contributed by atoms with Crippen molar-refractivity contribution in [1.29, 1.82) is 0 Å². The average Bonchev–Trinajstić information content (AvgIpc) is 2.59. The number of benzene rings is 2. The van der Waals surface area contributed by atoms with E-state index in [-0.39, 0.29) is 11.5 Å². The van der Waals surface area contributed by atoms with E-state index >= 15 is 0 Å². The van der Waals surface area contributed by atoms with Crippen LogP contribution < -0.4 is 0 Å². The number of nitrogens with zero attached hydrogens (tertiary/aromatic N) is 1. The van der Waals surface area contributed by atoms with Gasteiger partial charge in [0.15, 0.2) is 0 Å². The number of ether oxygens (including phenoxy) is 1. The number of halogens is 4. The zero-order valence-corrected chi connectivity index (χ0v) is 14.2. The van der Waals surface area contributed by atoms with Gasteiger partial charge in [-0.05, 0) is 31.2 Å². The molecule has 0 amide bonds. The Labute approximate surface area is 144 Å². The van der Waals surface area contributed by atoms with Gasteiger partial charge in [0, 0.05) is 23.6 Å². The van der Waals surface area contributed by atoms with Crippen molar-refractivity contribution < 1.29 is 22.3 Å². The summed E-state index contributed by atoms with van der Waals surface area (Å²) in [6.45, 7) is 5.85. The van der Waals surface area contributed by atoms with Crippen LogP contribution in [0.4, 0.5) is 23.2 Å². The minimum Gasteiger partial charge on any atom is -0.447 e. The number of hydrogen-bond donors (Lipinski definition) is 0. The Balaban J connectivity index is 0.00000151.